The summed E-state index contributed by atoms with van der Waals surface area (Å²) < 4.78 is 20.5. The van der Waals surface area contributed by atoms with Gasteiger partial charge in [0.05, 0.1) is 28.9 Å². The Labute approximate surface area is 206 Å². The molecule has 9 nitrogen and oxygen atoms in total. The molecule has 0 saturated carbocycles. The number of ether oxygens (including phenoxy) is 1. The van der Waals surface area contributed by atoms with Crippen LogP contribution in [0.5, 0.6) is 11.5 Å². The van der Waals surface area contributed by atoms with E-state index >= 15 is 0 Å². The largest absolute Gasteiger partial charge is 0.454 e. The zero-order chi connectivity index (χ0) is 24.9. The van der Waals surface area contributed by atoms with Crippen molar-refractivity contribution in [2.45, 2.75) is 0 Å². The smallest absolute Gasteiger partial charge is 0.323 e. The molecule has 0 aliphatic carbocycles. The number of carbonyl (C=O) groups excluding carboxylic acids is 1. The molecule has 0 spiro atoms. The van der Waals surface area contributed by atoms with Gasteiger partial charge in [-0.1, -0.05) is 0 Å². The van der Waals surface area contributed by atoms with E-state index in [2.05, 4.69) is 25.8 Å². The number of nitrogens with one attached hydrogen (secondary N) is 3. The number of rotatable bonds is 5. The molecule has 5 rings (SSSR count). The maximum Gasteiger partial charge on any atom is 0.323 e. The molecule has 0 radical (unpaired) electrons. The van der Waals surface area contributed by atoms with E-state index in [0.717, 1.165) is 37.5 Å². The topological polar surface area (TPSA) is 115 Å². The van der Waals surface area contributed by atoms with Crippen LogP contribution < -0.4 is 25.6 Å². The normalized spacial score (nSPS) is 13.2. The Morgan fingerprint density at radius 1 is 1.00 bits per heavy atom. The number of nitriles is 1. The van der Waals surface area contributed by atoms with Crippen LogP contribution in [0.25, 0.3) is 11.0 Å². The van der Waals surface area contributed by atoms with E-state index in [9.17, 15) is 9.18 Å². The van der Waals surface area contributed by atoms with E-state index in [1.165, 1.54) is 12.1 Å². The zero-order valence-electron chi connectivity index (χ0n) is 19.2. The number of anilines is 3. The summed E-state index contributed by atoms with van der Waals surface area (Å²) in [5, 5.41) is 17.4. The van der Waals surface area contributed by atoms with Gasteiger partial charge in [0.2, 0.25) is 0 Å². The lowest BCUT2D eigenvalue weighted by Crippen LogP contribution is -2.43. The molecule has 4 aromatic rings. The highest BCUT2D eigenvalue weighted by molar-refractivity contribution is 5.99. The van der Waals surface area contributed by atoms with Gasteiger partial charge < -0.3 is 25.6 Å². The van der Waals surface area contributed by atoms with Crippen LogP contribution in [0.4, 0.5) is 26.4 Å². The maximum atomic E-state index is 14.7. The minimum atomic E-state index is -0.632. The SMILES string of the molecule is N#Cc1ccc(NC(=O)Nc2ccc(Oc3ccc4ncc(N5CCNCC5)nc4c3)c(F)c2)cc1. The van der Waals surface area contributed by atoms with E-state index in [0.29, 0.717) is 22.5 Å². The average molecular weight is 484 g/mol. The van der Waals surface area contributed by atoms with Gasteiger partial charge >= 0.3 is 6.03 Å². The molecule has 1 aliphatic heterocycles. The van der Waals surface area contributed by atoms with Gasteiger partial charge in [-0.05, 0) is 48.5 Å². The summed E-state index contributed by atoms with van der Waals surface area (Å²) in [6, 6.07) is 17.2. The molecule has 10 heteroatoms. The highest BCUT2D eigenvalue weighted by atomic mass is 19.1. The van der Waals surface area contributed by atoms with Crippen molar-refractivity contribution in [1.82, 2.24) is 15.3 Å². The van der Waals surface area contributed by atoms with E-state index < -0.39 is 11.8 Å². The summed E-state index contributed by atoms with van der Waals surface area (Å²) in [4.78, 5) is 23.6. The number of halogens is 1. The van der Waals surface area contributed by atoms with Crippen molar-refractivity contribution in [3.05, 3.63) is 78.2 Å². The Morgan fingerprint density at radius 3 is 2.50 bits per heavy atom. The Hall–Kier alpha value is -4.75. The fourth-order valence-corrected chi connectivity index (χ4v) is 3.80. The van der Waals surface area contributed by atoms with Crippen LogP contribution in [0.2, 0.25) is 0 Å². The van der Waals surface area contributed by atoms with Gasteiger partial charge in [-0.15, -0.1) is 0 Å². The first kappa shape index (κ1) is 23.0. The lowest BCUT2D eigenvalue weighted by molar-refractivity contribution is 0.262. The number of piperazine rings is 1. The summed E-state index contributed by atoms with van der Waals surface area (Å²) in [5.41, 5.74) is 2.62. The number of urea groups is 1. The third-order valence-electron chi connectivity index (χ3n) is 5.63. The Bertz CT molecular complexity index is 1450. The number of fused-ring (bicyclic) bond motifs is 1. The minimum absolute atomic E-state index is 0.0126. The standard InChI is InChI=1S/C26H22FN7O2/c27-21-13-19(32-26(35)31-18-3-1-17(15-28)2-4-18)5-8-24(21)36-20-6-7-22-23(14-20)33-25(16-30-22)34-11-9-29-10-12-34/h1-8,13-14,16,29H,9-12H2,(H2,31,32,35). The number of hydrogen-bond acceptors (Lipinski definition) is 7. The molecule has 0 atom stereocenters. The summed E-state index contributed by atoms with van der Waals surface area (Å²) in [5.74, 6) is 0.597. The highest BCUT2D eigenvalue weighted by Gasteiger charge is 2.14. The lowest BCUT2D eigenvalue weighted by Gasteiger charge is -2.28. The summed E-state index contributed by atoms with van der Waals surface area (Å²) in [7, 11) is 0. The van der Waals surface area contributed by atoms with Crippen molar-refractivity contribution in [1.29, 1.82) is 5.26 Å². The number of hydrogen-bond donors (Lipinski definition) is 3. The summed E-state index contributed by atoms with van der Waals surface area (Å²) in [6.45, 7) is 3.50. The molecule has 2 heterocycles. The van der Waals surface area contributed by atoms with Gasteiger partial charge in [0, 0.05) is 49.7 Å². The molecule has 0 unspecified atom stereocenters. The second-order valence-corrected chi connectivity index (χ2v) is 8.13. The molecule has 3 N–H and O–H groups in total. The predicted octanol–water partition coefficient (Wildman–Crippen LogP) is 4.49. The number of aromatic nitrogens is 2. The molecule has 180 valence electrons. The number of carbonyl (C=O) groups is 1. The number of nitrogens with zero attached hydrogens (tertiary/aromatic N) is 4. The van der Waals surface area contributed by atoms with Crippen LogP contribution in [0.15, 0.2) is 66.9 Å². The van der Waals surface area contributed by atoms with E-state index in [1.807, 2.05) is 6.07 Å². The minimum Gasteiger partial charge on any atom is -0.454 e. The van der Waals surface area contributed by atoms with Crippen LogP contribution in [0, 0.1) is 17.1 Å². The van der Waals surface area contributed by atoms with Crippen LogP contribution in [-0.2, 0) is 0 Å². The maximum absolute atomic E-state index is 14.7. The van der Waals surface area contributed by atoms with Gasteiger partial charge in [-0.2, -0.15) is 5.26 Å². The van der Waals surface area contributed by atoms with Gasteiger partial charge in [0.25, 0.3) is 0 Å². The Balaban J connectivity index is 1.26. The monoisotopic (exact) mass is 483 g/mol. The molecule has 36 heavy (non-hydrogen) atoms. The zero-order valence-corrected chi connectivity index (χ0v) is 19.2. The van der Waals surface area contributed by atoms with Gasteiger partial charge in [0.15, 0.2) is 11.6 Å². The van der Waals surface area contributed by atoms with E-state index in [-0.39, 0.29) is 11.4 Å². The second kappa shape index (κ2) is 10.2. The van der Waals surface area contributed by atoms with Gasteiger partial charge in [-0.3, -0.25) is 4.98 Å². The van der Waals surface area contributed by atoms with Crippen LogP contribution in [0.1, 0.15) is 5.56 Å². The molecule has 1 aromatic heterocycles. The molecule has 0 bridgehead atoms. The van der Waals surface area contributed by atoms with Crippen LogP contribution in [-0.4, -0.2) is 42.2 Å². The first-order valence-electron chi connectivity index (χ1n) is 11.4. The average Bonchev–Trinajstić information content (AvgIpc) is 2.91. The molecular weight excluding hydrogens is 461 g/mol. The van der Waals surface area contributed by atoms with Gasteiger partial charge in [0.1, 0.15) is 11.6 Å². The second-order valence-electron chi connectivity index (χ2n) is 8.13. The van der Waals surface area contributed by atoms with Gasteiger partial charge in [-0.25, -0.2) is 14.2 Å². The fraction of sp³-hybridized carbons (Fsp3) is 0.154. The summed E-state index contributed by atoms with van der Waals surface area (Å²) >= 11 is 0. The third kappa shape index (κ3) is 5.32. The van der Waals surface area contributed by atoms with Crippen molar-refractivity contribution in [2.24, 2.45) is 0 Å². The fourth-order valence-electron chi connectivity index (χ4n) is 3.80. The van der Waals surface area contributed by atoms with Crippen LogP contribution in [0.3, 0.4) is 0 Å². The Kier molecular flexibility index (Phi) is 6.55. The van der Waals surface area contributed by atoms with Crippen molar-refractivity contribution < 1.29 is 13.9 Å². The predicted molar refractivity (Wildman–Crippen MR) is 135 cm³/mol. The number of amides is 2. The summed E-state index contributed by atoms with van der Waals surface area (Å²) in [6.07, 6.45) is 1.76. The molecule has 2 amide bonds. The molecule has 1 aliphatic rings. The third-order valence-corrected chi connectivity index (χ3v) is 5.63. The van der Waals surface area contributed by atoms with Crippen molar-refractivity contribution in [2.75, 3.05) is 41.7 Å². The first-order chi connectivity index (χ1) is 17.6. The molecule has 1 saturated heterocycles. The number of benzene rings is 3. The Morgan fingerprint density at radius 2 is 1.75 bits per heavy atom. The molecule has 3 aromatic carbocycles. The highest BCUT2D eigenvalue weighted by Crippen LogP contribution is 2.29. The van der Waals surface area contributed by atoms with E-state index in [4.69, 9.17) is 15.0 Å². The van der Waals surface area contributed by atoms with Crippen molar-refractivity contribution in [3.8, 4) is 17.6 Å². The first-order valence-corrected chi connectivity index (χ1v) is 11.4. The van der Waals surface area contributed by atoms with E-state index in [1.54, 1.807) is 54.7 Å². The van der Waals surface area contributed by atoms with Crippen molar-refractivity contribution in [3.63, 3.8) is 0 Å². The van der Waals surface area contributed by atoms with Crippen LogP contribution >= 0.6 is 0 Å². The molecule has 1 fully saturated rings. The quantitative estimate of drug-likeness (QED) is 0.383. The molecular formula is C26H22FN7O2. The lowest BCUT2D eigenvalue weighted by atomic mass is 10.2. The van der Waals surface area contributed by atoms with Crippen molar-refractivity contribution >= 4 is 34.3 Å².